The summed E-state index contributed by atoms with van der Waals surface area (Å²) in [5, 5.41) is 13.4. The maximum Gasteiger partial charge on any atom is 0.354 e. The molecule has 3 N–H and O–H groups in total. The van der Waals surface area contributed by atoms with Crippen molar-refractivity contribution in [2.75, 3.05) is 11.9 Å². The number of carbonyl (C=O) groups excluding carboxylic acids is 1. The number of carbonyl (C=O) groups is 1. The van der Waals surface area contributed by atoms with Crippen molar-refractivity contribution in [3.63, 3.8) is 0 Å². The summed E-state index contributed by atoms with van der Waals surface area (Å²) in [7, 11) is -3.49. The van der Waals surface area contributed by atoms with E-state index in [0.717, 1.165) is 44.2 Å². The fourth-order valence-corrected chi connectivity index (χ4v) is 6.31. The topological polar surface area (TPSA) is 112 Å². The number of nitrogens with two attached hydrogens (primary N) is 1. The van der Waals surface area contributed by atoms with Crippen molar-refractivity contribution in [3.8, 4) is 5.88 Å². The summed E-state index contributed by atoms with van der Waals surface area (Å²) in [4.78, 5) is 13.1. The molecule has 3 aliphatic rings. The van der Waals surface area contributed by atoms with E-state index in [1.54, 1.807) is 11.6 Å². The van der Waals surface area contributed by atoms with Crippen LogP contribution in [0.25, 0.3) is 0 Å². The van der Waals surface area contributed by atoms with E-state index in [4.69, 9.17) is 9.88 Å². The molecule has 5 rings (SSSR count). The van der Waals surface area contributed by atoms with Gasteiger partial charge in [0.1, 0.15) is 4.90 Å². The average molecular weight is 430 g/mol. The van der Waals surface area contributed by atoms with Gasteiger partial charge in [-0.3, -0.25) is 0 Å². The van der Waals surface area contributed by atoms with Crippen LogP contribution in [0, 0.1) is 6.92 Å². The zero-order valence-corrected chi connectivity index (χ0v) is 18.2. The third kappa shape index (κ3) is 3.11. The molecule has 1 aliphatic heterocycles. The van der Waals surface area contributed by atoms with Gasteiger partial charge in [0.25, 0.3) is 0 Å². The highest BCUT2D eigenvalue weighted by Gasteiger charge is 2.30. The highest BCUT2D eigenvalue weighted by Crippen LogP contribution is 2.43. The number of hydrogen-bond donors (Lipinski definition) is 2. The van der Waals surface area contributed by atoms with Crippen LogP contribution in [0.4, 0.5) is 10.5 Å². The molecule has 1 aromatic carbocycles. The van der Waals surface area contributed by atoms with Crippen molar-refractivity contribution in [1.29, 1.82) is 0 Å². The number of rotatable bonds is 2. The molecule has 0 spiro atoms. The number of hydrogen-bond acceptors (Lipinski definition) is 4. The first kappa shape index (κ1) is 19.6. The maximum atomic E-state index is 13.3. The number of amides is 2. The lowest BCUT2D eigenvalue weighted by Crippen LogP contribution is -2.21. The molecule has 0 saturated carbocycles. The molecule has 0 fully saturated rings. The van der Waals surface area contributed by atoms with Crippen molar-refractivity contribution in [2.45, 2.75) is 69.7 Å². The molecule has 0 radical (unpaired) electrons. The summed E-state index contributed by atoms with van der Waals surface area (Å²) in [5.41, 5.74) is 6.34. The summed E-state index contributed by atoms with van der Waals surface area (Å²) in [5.74, 6) is 0.842. The Bertz CT molecular complexity index is 1180. The highest BCUT2D eigenvalue weighted by atomic mass is 32.2. The zero-order valence-electron chi connectivity index (χ0n) is 17.4. The molecule has 8 nitrogen and oxygen atoms in total. The second-order valence-corrected chi connectivity index (χ2v) is 10.2. The lowest BCUT2D eigenvalue weighted by molar-refractivity contribution is 0.224. The zero-order chi connectivity index (χ0) is 21.0. The summed E-state index contributed by atoms with van der Waals surface area (Å²) in [6, 6.07) is 1.63. The van der Waals surface area contributed by atoms with Crippen LogP contribution in [0.15, 0.2) is 15.3 Å². The Balaban J connectivity index is 1.52. The largest absolute Gasteiger partial charge is 0.477 e. The van der Waals surface area contributed by atoms with Crippen LogP contribution in [0.3, 0.4) is 0 Å². The Morgan fingerprint density at radius 3 is 3.00 bits per heavy atom. The molecule has 2 unspecified atom stereocenters. The van der Waals surface area contributed by atoms with Gasteiger partial charge in [-0.05, 0) is 67.2 Å². The summed E-state index contributed by atoms with van der Waals surface area (Å²) < 4.78 is 24.5. The van der Waals surface area contributed by atoms with Gasteiger partial charge < -0.3 is 10.1 Å². The van der Waals surface area contributed by atoms with Crippen molar-refractivity contribution in [1.82, 2.24) is 9.78 Å². The van der Waals surface area contributed by atoms with E-state index >= 15 is 0 Å². The van der Waals surface area contributed by atoms with Gasteiger partial charge in [0, 0.05) is 18.7 Å². The molecule has 9 heteroatoms. The summed E-state index contributed by atoms with van der Waals surface area (Å²) in [6.45, 7) is 5.10. The molecule has 2 aromatic rings. The van der Waals surface area contributed by atoms with Gasteiger partial charge in [-0.15, -0.1) is 4.36 Å². The quantitative estimate of drug-likeness (QED) is 0.761. The minimum Gasteiger partial charge on any atom is -0.477 e. The van der Waals surface area contributed by atoms with Crippen molar-refractivity contribution < 1.29 is 13.7 Å². The van der Waals surface area contributed by atoms with E-state index in [-0.39, 0.29) is 4.90 Å². The molecular weight excluding hydrogens is 402 g/mol. The van der Waals surface area contributed by atoms with E-state index in [2.05, 4.69) is 27.8 Å². The summed E-state index contributed by atoms with van der Waals surface area (Å²) >= 11 is 0. The average Bonchev–Trinajstić information content (AvgIpc) is 3.38. The first-order valence-electron chi connectivity index (χ1n) is 10.6. The highest BCUT2D eigenvalue weighted by molar-refractivity contribution is 7.91. The normalized spacial score (nSPS) is 21.2. The number of ether oxygens (including phenoxy) is 1. The minimum atomic E-state index is -3.49. The maximum absolute atomic E-state index is 13.3. The monoisotopic (exact) mass is 429 g/mol. The van der Waals surface area contributed by atoms with Gasteiger partial charge in [0.15, 0.2) is 9.92 Å². The number of anilines is 1. The van der Waals surface area contributed by atoms with E-state index in [9.17, 15) is 9.00 Å². The lowest BCUT2D eigenvalue weighted by Gasteiger charge is -2.17. The second-order valence-electron chi connectivity index (χ2n) is 8.49. The van der Waals surface area contributed by atoms with E-state index < -0.39 is 15.9 Å². The standard InChI is InChI=1S/C21H27N5O3S/c1-12-7-8-16-17(12)11-14-5-3-6-15(14)18(16)23-21(27)25-30(22,28)19-13(2)24-26-9-4-10-29-20(19)26/h11-12H,3-10H2,1-2H3,(H3,22,23,25,27,28). The molecule has 30 heavy (non-hydrogen) atoms. The van der Waals surface area contributed by atoms with Crippen molar-refractivity contribution >= 4 is 21.6 Å². The van der Waals surface area contributed by atoms with E-state index in [1.165, 1.54) is 22.3 Å². The SMILES string of the molecule is Cc1nn2c(c1S(N)(=O)=NC(=O)Nc1c3c(cc4c1CCC4C)CCC3)OCCC2. The van der Waals surface area contributed by atoms with Crippen molar-refractivity contribution in [2.24, 2.45) is 9.50 Å². The molecule has 2 heterocycles. The number of aromatic nitrogens is 2. The van der Waals surface area contributed by atoms with E-state index in [0.29, 0.717) is 30.6 Å². The third-order valence-corrected chi connectivity index (χ3v) is 7.92. The number of benzene rings is 1. The fraction of sp³-hybridized carbons (Fsp3) is 0.524. The van der Waals surface area contributed by atoms with Crippen molar-refractivity contribution in [3.05, 3.63) is 34.0 Å². The number of nitrogens with one attached hydrogen (secondary N) is 1. The van der Waals surface area contributed by atoms with Crippen LogP contribution >= 0.6 is 0 Å². The number of urea groups is 1. The van der Waals surface area contributed by atoms with Gasteiger partial charge in [0.05, 0.1) is 12.3 Å². The van der Waals surface area contributed by atoms with Gasteiger partial charge in [-0.1, -0.05) is 13.0 Å². The molecule has 0 bridgehead atoms. The molecule has 2 aliphatic carbocycles. The molecular formula is C21H27N5O3S. The molecule has 2 atom stereocenters. The van der Waals surface area contributed by atoms with Gasteiger partial charge in [-0.25, -0.2) is 18.8 Å². The van der Waals surface area contributed by atoms with Crippen LogP contribution < -0.4 is 15.2 Å². The Labute approximate surface area is 176 Å². The van der Waals surface area contributed by atoms with Crippen LogP contribution in [0.2, 0.25) is 0 Å². The predicted octanol–water partition coefficient (Wildman–Crippen LogP) is 3.45. The molecule has 1 aromatic heterocycles. The molecule has 160 valence electrons. The van der Waals surface area contributed by atoms with Gasteiger partial charge >= 0.3 is 6.03 Å². The Kier molecular flexibility index (Phi) is 4.62. The molecule has 0 saturated heterocycles. The number of fused-ring (bicyclic) bond motifs is 3. The minimum absolute atomic E-state index is 0.217. The second kappa shape index (κ2) is 7.09. The lowest BCUT2D eigenvalue weighted by atomic mass is 9.96. The first-order valence-corrected chi connectivity index (χ1v) is 12.2. The van der Waals surface area contributed by atoms with Gasteiger partial charge in [0.2, 0.25) is 5.88 Å². The number of nitrogens with zero attached hydrogens (tertiary/aromatic N) is 3. The Morgan fingerprint density at radius 2 is 2.17 bits per heavy atom. The van der Waals surface area contributed by atoms with Crippen LogP contribution in [0.1, 0.15) is 60.1 Å². The third-order valence-electron chi connectivity index (χ3n) is 6.42. The van der Waals surface area contributed by atoms with E-state index in [1.807, 2.05) is 0 Å². The van der Waals surface area contributed by atoms with Crippen LogP contribution in [-0.2, 0) is 35.7 Å². The van der Waals surface area contributed by atoms with Crippen LogP contribution in [-0.4, -0.2) is 26.6 Å². The Hall–Kier alpha value is -2.39. The smallest absolute Gasteiger partial charge is 0.354 e. The predicted molar refractivity (Wildman–Crippen MR) is 114 cm³/mol. The summed E-state index contributed by atoms with van der Waals surface area (Å²) in [6.07, 6.45) is 5.88. The Morgan fingerprint density at radius 1 is 1.33 bits per heavy atom. The first-order chi connectivity index (χ1) is 14.3. The molecule has 2 amide bonds. The number of aryl methyl sites for hydroxylation is 3. The van der Waals surface area contributed by atoms with Gasteiger partial charge in [-0.2, -0.15) is 5.10 Å². The fourth-order valence-electron chi connectivity index (χ4n) is 5.04. The van der Waals surface area contributed by atoms with Crippen LogP contribution in [0.5, 0.6) is 5.88 Å².